The highest BCUT2D eigenvalue weighted by Gasteiger charge is 2.30. The standard InChI is InChI=1S/C25H40N2O3S/c1-19-12-16-27(17-13-19)31-25(4,28)22-10-11-23(20(2)18-22)30-21(3)24(29-5)26-14-8-6-7-9-15-26/h10-11,18-19,24,28H,3,6-9,12-17H2,1-2,4-5H3. The Hall–Kier alpha value is -1.05. The molecule has 2 saturated heterocycles. The summed E-state index contributed by atoms with van der Waals surface area (Å²) in [4.78, 5) is 1.35. The molecule has 1 aromatic carbocycles. The molecule has 2 fully saturated rings. The molecule has 1 aromatic rings. The summed E-state index contributed by atoms with van der Waals surface area (Å²) in [6.07, 6.45) is 7.05. The van der Waals surface area contributed by atoms with Gasteiger partial charge in [0.1, 0.15) is 16.4 Å². The van der Waals surface area contributed by atoms with Crippen LogP contribution in [0.4, 0.5) is 0 Å². The maximum absolute atomic E-state index is 11.2. The number of hydrogen-bond donors (Lipinski definition) is 1. The number of nitrogens with zero attached hydrogens (tertiary/aromatic N) is 2. The minimum atomic E-state index is -0.970. The first kappa shape index (κ1) is 24.6. The zero-order valence-corrected chi connectivity index (χ0v) is 20.5. The van der Waals surface area contributed by atoms with E-state index in [0.717, 1.165) is 49.0 Å². The molecule has 0 radical (unpaired) electrons. The van der Waals surface area contributed by atoms with Gasteiger partial charge >= 0.3 is 0 Å². The van der Waals surface area contributed by atoms with Crippen molar-refractivity contribution in [2.24, 2.45) is 5.92 Å². The van der Waals surface area contributed by atoms with E-state index in [1.807, 2.05) is 32.0 Å². The molecule has 0 aromatic heterocycles. The van der Waals surface area contributed by atoms with Gasteiger partial charge in [-0.15, -0.1) is 0 Å². The summed E-state index contributed by atoms with van der Waals surface area (Å²) in [6.45, 7) is 14.4. The van der Waals surface area contributed by atoms with Crippen LogP contribution < -0.4 is 4.74 Å². The van der Waals surface area contributed by atoms with Crippen LogP contribution >= 0.6 is 11.9 Å². The molecule has 5 nitrogen and oxygen atoms in total. The lowest BCUT2D eigenvalue weighted by atomic mass is 10.0. The summed E-state index contributed by atoms with van der Waals surface area (Å²) in [5.74, 6) is 2.15. The van der Waals surface area contributed by atoms with Gasteiger partial charge in [0, 0.05) is 33.3 Å². The van der Waals surface area contributed by atoms with Crippen molar-refractivity contribution in [3.63, 3.8) is 0 Å². The topological polar surface area (TPSA) is 45.2 Å². The average molecular weight is 449 g/mol. The highest BCUT2D eigenvalue weighted by molar-refractivity contribution is 7.97. The van der Waals surface area contributed by atoms with Crippen LogP contribution in [-0.2, 0) is 9.67 Å². The normalized spacial score (nSPS) is 22.5. The van der Waals surface area contributed by atoms with E-state index >= 15 is 0 Å². The minimum Gasteiger partial charge on any atom is -0.458 e. The Kier molecular flexibility index (Phi) is 8.88. The quantitative estimate of drug-likeness (QED) is 0.332. The molecule has 0 spiro atoms. The molecule has 2 atom stereocenters. The summed E-state index contributed by atoms with van der Waals surface area (Å²) >= 11 is 1.54. The van der Waals surface area contributed by atoms with Crippen LogP contribution in [-0.4, -0.2) is 53.8 Å². The molecule has 2 unspecified atom stereocenters. The molecule has 0 bridgehead atoms. The third-order valence-corrected chi connectivity index (χ3v) is 7.69. The maximum Gasteiger partial charge on any atom is 0.168 e. The number of rotatable bonds is 8. The Morgan fingerprint density at radius 3 is 2.39 bits per heavy atom. The lowest BCUT2D eigenvalue weighted by molar-refractivity contribution is -0.0250. The van der Waals surface area contributed by atoms with E-state index in [9.17, 15) is 5.11 Å². The zero-order valence-electron chi connectivity index (χ0n) is 19.7. The molecular formula is C25H40N2O3S. The van der Waals surface area contributed by atoms with Gasteiger partial charge < -0.3 is 14.6 Å². The molecule has 0 aliphatic carbocycles. The first-order valence-corrected chi connectivity index (χ1v) is 12.5. The van der Waals surface area contributed by atoms with Crippen LogP contribution in [0.15, 0.2) is 30.5 Å². The van der Waals surface area contributed by atoms with Crippen molar-refractivity contribution in [1.29, 1.82) is 0 Å². The van der Waals surface area contributed by atoms with Gasteiger partial charge in [0.2, 0.25) is 0 Å². The Morgan fingerprint density at radius 2 is 1.81 bits per heavy atom. The number of methoxy groups -OCH3 is 1. The van der Waals surface area contributed by atoms with Gasteiger partial charge in [-0.1, -0.05) is 32.4 Å². The molecule has 2 heterocycles. The van der Waals surface area contributed by atoms with E-state index in [4.69, 9.17) is 9.47 Å². The molecule has 0 saturated carbocycles. The predicted molar refractivity (Wildman–Crippen MR) is 129 cm³/mol. The fourth-order valence-electron chi connectivity index (χ4n) is 4.44. The summed E-state index contributed by atoms with van der Waals surface area (Å²) in [5, 5.41) is 11.2. The van der Waals surface area contributed by atoms with Crippen molar-refractivity contribution in [3.05, 3.63) is 41.7 Å². The van der Waals surface area contributed by atoms with E-state index in [1.54, 1.807) is 7.11 Å². The molecule has 3 rings (SSSR count). The average Bonchev–Trinajstić information content (AvgIpc) is 3.01. The van der Waals surface area contributed by atoms with Crippen molar-refractivity contribution in [1.82, 2.24) is 9.21 Å². The van der Waals surface area contributed by atoms with Crippen molar-refractivity contribution in [2.45, 2.75) is 70.5 Å². The summed E-state index contributed by atoms with van der Waals surface area (Å²) < 4.78 is 14.2. The van der Waals surface area contributed by atoms with Crippen LogP contribution in [0.25, 0.3) is 0 Å². The minimum absolute atomic E-state index is 0.239. The van der Waals surface area contributed by atoms with Gasteiger partial charge in [-0.3, -0.25) is 4.90 Å². The molecular weight excluding hydrogens is 408 g/mol. The van der Waals surface area contributed by atoms with Crippen LogP contribution in [0, 0.1) is 12.8 Å². The van der Waals surface area contributed by atoms with Crippen LogP contribution in [0.3, 0.4) is 0 Å². The Morgan fingerprint density at radius 1 is 1.16 bits per heavy atom. The number of aryl methyl sites for hydroxylation is 1. The Bertz CT molecular complexity index is 723. The monoisotopic (exact) mass is 448 g/mol. The van der Waals surface area contributed by atoms with Crippen molar-refractivity contribution >= 4 is 11.9 Å². The summed E-state index contributed by atoms with van der Waals surface area (Å²) in [6, 6.07) is 5.93. The number of hydrogen-bond acceptors (Lipinski definition) is 6. The number of likely N-dealkylation sites (tertiary alicyclic amines) is 1. The first-order valence-electron chi connectivity index (χ1n) is 11.7. The third-order valence-electron chi connectivity index (χ3n) is 6.47. The van der Waals surface area contributed by atoms with E-state index in [-0.39, 0.29) is 6.23 Å². The highest BCUT2D eigenvalue weighted by Crippen LogP contribution is 2.39. The fraction of sp³-hybridized carbons (Fsp3) is 0.680. The molecule has 6 heteroatoms. The summed E-state index contributed by atoms with van der Waals surface area (Å²) in [5.41, 5.74) is 1.87. The lowest BCUT2D eigenvalue weighted by Gasteiger charge is -2.35. The lowest BCUT2D eigenvalue weighted by Crippen LogP contribution is -2.40. The molecule has 2 aliphatic heterocycles. The van der Waals surface area contributed by atoms with E-state index < -0.39 is 4.93 Å². The third kappa shape index (κ3) is 6.72. The van der Waals surface area contributed by atoms with E-state index in [2.05, 4.69) is 22.7 Å². The van der Waals surface area contributed by atoms with Gasteiger partial charge in [0.15, 0.2) is 6.23 Å². The van der Waals surface area contributed by atoms with Gasteiger partial charge in [-0.2, -0.15) is 0 Å². The molecule has 0 amide bonds. The number of piperidine rings is 1. The van der Waals surface area contributed by atoms with Gasteiger partial charge in [-0.25, -0.2) is 4.31 Å². The van der Waals surface area contributed by atoms with Crippen molar-refractivity contribution in [3.8, 4) is 5.75 Å². The summed E-state index contributed by atoms with van der Waals surface area (Å²) in [7, 11) is 1.72. The fourth-order valence-corrected chi connectivity index (χ4v) is 5.57. The van der Waals surface area contributed by atoms with Gasteiger partial charge in [-0.05, 0) is 80.7 Å². The smallest absolute Gasteiger partial charge is 0.168 e. The van der Waals surface area contributed by atoms with Crippen LogP contribution in [0.5, 0.6) is 5.75 Å². The maximum atomic E-state index is 11.2. The second-order valence-electron chi connectivity index (χ2n) is 9.27. The number of aliphatic hydroxyl groups is 1. The molecule has 2 aliphatic rings. The Labute approximate surface area is 192 Å². The van der Waals surface area contributed by atoms with Crippen molar-refractivity contribution in [2.75, 3.05) is 33.3 Å². The molecule has 174 valence electrons. The molecule has 1 N–H and O–H groups in total. The van der Waals surface area contributed by atoms with Gasteiger partial charge in [0.05, 0.1) is 0 Å². The SMILES string of the molecule is C=C(Oc1ccc(C(C)(O)SN2CCC(C)CC2)cc1C)C(OC)N1CCCCCC1. The van der Waals surface area contributed by atoms with E-state index in [1.165, 1.54) is 50.5 Å². The van der Waals surface area contributed by atoms with Crippen LogP contribution in [0.1, 0.15) is 63.5 Å². The first-order chi connectivity index (χ1) is 14.8. The Balaban J connectivity index is 1.64. The molecule has 31 heavy (non-hydrogen) atoms. The van der Waals surface area contributed by atoms with E-state index in [0.29, 0.717) is 5.76 Å². The second kappa shape index (κ2) is 11.2. The van der Waals surface area contributed by atoms with Crippen LogP contribution in [0.2, 0.25) is 0 Å². The highest BCUT2D eigenvalue weighted by atomic mass is 32.2. The number of ether oxygens (including phenoxy) is 2. The largest absolute Gasteiger partial charge is 0.458 e. The zero-order chi connectivity index (χ0) is 22.4. The second-order valence-corrected chi connectivity index (χ2v) is 10.8. The predicted octanol–water partition coefficient (Wildman–Crippen LogP) is 5.28. The van der Waals surface area contributed by atoms with Gasteiger partial charge in [0.25, 0.3) is 0 Å². The van der Waals surface area contributed by atoms with Crippen molar-refractivity contribution < 1.29 is 14.6 Å². The number of benzene rings is 1.